The van der Waals surface area contributed by atoms with E-state index >= 15 is 0 Å². The Morgan fingerprint density at radius 3 is 2.69 bits per heavy atom. The Balaban J connectivity index is 1.33. The van der Waals surface area contributed by atoms with Crippen LogP contribution in [0.25, 0.3) is 5.69 Å². The van der Waals surface area contributed by atoms with E-state index in [0.29, 0.717) is 25.3 Å². The Morgan fingerprint density at radius 2 is 1.90 bits per heavy atom. The van der Waals surface area contributed by atoms with E-state index in [-0.39, 0.29) is 23.2 Å². The van der Waals surface area contributed by atoms with Gasteiger partial charge in [-0.1, -0.05) is 12.1 Å². The monoisotopic (exact) mass is 400 g/mol. The molecule has 2 aromatic carbocycles. The predicted molar refractivity (Wildman–Crippen MR) is 103 cm³/mol. The van der Waals surface area contributed by atoms with Crippen molar-refractivity contribution >= 4 is 11.6 Å². The third-order valence-electron chi connectivity index (χ3n) is 5.03. The molecule has 1 saturated heterocycles. The van der Waals surface area contributed by atoms with Crippen LogP contribution in [0.5, 0.6) is 0 Å². The number of carbonyl (C=O) groups is 1. The van der Waals surface area contributed by atoms with Gasteiger partial charge in [-0.2, -0.15) is 5.10 Å². The summed E-state index contributed by atoms with van der Waals surface area (Å²) in [5, 5.41) is 6.99. The first-order chi connectivity index (χ1) is 14.0. The van der Waals surface area contributed by atoms with Crippen LogP contribution in [0.2, 0.25) is 0 Å². The Morgan fingerprint density at radius 1 is 1.07 bits per heavy atom. The van der Waals surface area contributed by atoms with Crippen LogP contribution in [0, 0.1) is 23.4 Å². The number of rotatable bonds is 5. The number of nitrogens with one attached hydrogen (secondary N) is 1. The van der Waals surface area contributed by atoms with Crippen molar-refractivity contribution in [2.75, 3.05) is 24.5 Å². The highest BCUT2D eigenvalue weighted by Gasteiger charge is 2.24. The van der Waals surface area contributed by atoms with E-state index in [4.69, 9.17) is 0 Å². The number of benzene rings is 2. The van der Waals surface area contributed by atoms with Crippen molar-refractivity contribution < 1.29 is 18.0 Å². The zero-order valence-electron chi connectivity index (χ0n) is 15.5. The second-order valence-electron chi connectivity index (χ2n) is 7.01. The first kappa shape index (κ1) is 19.0. The first-order valence-corrected chi connectivity index (χ1v) is 9.30. The molecule has 1 atom stereocenters. The van der Waals surface area contributed by atoms with Gasteiger partial charge in [-0.25, -0.2) is 17.9 Å². The number of halogens is 3. The lowest BCUT2D eigenvalue weighted by molar-refractivity contribution is 0.0943. The maximum absolute atomic E-state index is 13.9. The largest absolute Gasteiger partial charge is 0.371 e. The molecule has 1 fully saturated rings. The highest BCUT2D eigenvalue weighted by molar-refractivity contribution is 5.92. The lowest BCUT2D eigenvalue weighted by Gasteiger charge is -2.19. The zero-order chi connectivity index (χ0) is 20.4. The van der Waals surface area contributed by atoms with Gasteiger partial charge in [-0.3, -0.25) is 4.79 Å². The molecular formula is C21H19F3N4O. The second-order valence-corrected chi connectivity index (χ2v) is 7.01. The molecule has 8 heteroatoms. The number of nitrogens with zero attached hydrogens (tertiary/aromatic N) is 3. The molecule has 29 heavy (non-hydrogen) atoms. The Bertz CT molecular complexity index is 1040. The van der Waals surface area contributed by atoms with Crippen LogP contribution in [-0.4, -0.2) is 35.3 Å². The summed E-state index contributed by atoms with van der Waals surface area (Å²) in [7, 11) is 0. The summed E-state index contributed by atoms with van der Waals surface area (Å²) >= 11 is 0. The van der Waals surface area contributed by atoms with E-state index in [9.17, 15) is 18.0 Å². The number of para-hydroxylation sites is 1. The van der Waals surface area contributed by atoms with E-state index < -0.39 is 17.5 Å². The van der Waals surface area contributed by atoms with Gasteiger partial charge in [0.2, 0.25) is 0 Å². The first-order valence-electron chi connectivity index (χ1n) is 9.30. The predicted octanol–water partition coefficient (Wildman–Crippen LogP) is 3.55. The molecule has 1 aromatic heterocycles. The molecule has 1 aliphatic heterocycles. The quantitative estimate of drug-likeness (QED) is 0.713. The van der Waals surface area contributed by atoms with Crippen LogP contribution >= 0.6 is 0 Å². The van der Waals surface area contributed by atoms with Crippen LogP contribution < -0.4 is 10.2 Å². The zero-order valence-corrected chi connectivity index (χ0v) is 15.5. The second kappa shape index (κ2) is 7.98. The van der Waals surface area contributed by atoms with Gasteiger partial charge in [-0.05, 0) is 42.7 Å². The summed E-state index contributed by atoms with van der Waals surface area (Å²) in [4.78, 5) is 14.3. The Kier molecular flexibility index (Phi) is 5.24. The third kappa shape index (κ3) is 4.11. The minimum atomic E-state index is -0.871. The van der Waals surface area contributed by atoms with Crippen molar-refractivity contribution in [2.24, 2.45) is 5.92 Å². The van der Waals surface area contributed by atoms with Crippen LogP contribution in [0.15, 0.2) is 54.7 Å². The van der Waals surface area contributed by atoms with Gasteiger partial charge in [0.05, 0.1) is 0 Å². The fraction of sp³-hybridized carbons (Fsp3) is 0.238. The molecule has 0 saturated carbocycles. The number of anilines is 1. The summed E-state index contributed by atoms with van der Waals surface area (Å²) in [5.41, 5.74) is 1.09. The highest BCUT2D eigenvalue weighted by atomic mass is 19.2. The van der Waals surface area contributed by atoms with E-state index in [0.717, 1.165) is 12.5 Å². The number of hydrogen-bond donors (Lipinski definition) is 1. The molecule has 0 spiro atoms. The van der Waals surface area contributed by atoms with Gasteiger partial charge in [0.15, 0.2) is 17.3 Å². The van der Waals surface area contributed by atoms with Crippen molar-refractivity contribution in [1.82, 2.24) is 15.1 Å². The molecule has 1 aliphatic rings. The van der Waals surface area contributed by atoms with Crippen molar-refractivity contribution in [3.05, 3.63) is 77.9 Å². The van der Waals surface area contributed by atoms with Crippen LogP contribution in [0.3, 0.4) is 0 Å². The highest BCUT2D eigenvalue weighted by Crippen LogP contribution is 2.25. The molecule has 150 valence electrons. The lowest BCUT2D eigenvalue weighted by atomic mass is 10.1. The minimum Gasteiger partial charge on any atom is -0.371 e. The van der Waals surface area contributed by atoms with Crippen molar-refractivity contribution in [2.45, 2.75) is 6.42 Å². The van der Waals surface area contributed by atoms with E-state index in [1.165, 1.54) is 29.1 Å². The normalized spacial score (nSPS) is 16.2. The number of aromatic nitrogens is 2. The van der Waals surface area contributed by atoms with Gasteiger partial charge < -0.3 is 10.2 Å². The van der Waals surface area contributed by atoms with Gasteiger partial charge >= 0.3 is 0 Å². The van der Waals surface area contributed by atoms with Gasteiger partial charge in [0.25, 0.3) is 5.91 Å². The Labute approximate surface area is 165 Å². The van der Waals surface area contributed by atoms with Crippen LogP contribution in [0.1, 0.15) is 16.9 Å². The number of carbonyl (C=O) groups excluding carboxylic acids is 1. The molecule has 0 aliphatic carbocycles. The molecule has 0 bridgehead atoms. The smallest absolute Gasteiger partial charge is 0.271 e. The van der Waals surface area contributed by atoms with E-state index in [1.54, 1.807) is 24.3 Å². The average Bonchev–Trinajstić information content (AvgIpc) is 3.38. The maximum Gasteiger partial charge on any atom is 0.271 e. The number of amides is 1. The number of hydrogen-bond acceptors (Lipinski definition) is 3. The standard InChI is InChI=1S/C21H19F3N4O/c22-16-6-5-15(11-18(16)24)27-9-7-14(13-27)12-25-21(29)19-8-10-28(26-19)20-4-2-1-3-17(20)23/h1-6,8,10-11,14H,7,9,12-13H2,(H,25,29). The minimum absolute atomic E-state index is 0.181. The van der Waals surface area contributed by atoms with E-state index in [2.05, 4.69) is 10.4 Å². The van der Waals surface area contributed by atoms with Gasteiger partial charge in [0, 0.05) is 37.6 Å². The van der Waals surface area contributed by atoms with E-state index in [1.807, 2.05) is 4.90 Å². The van der Waals surface area contributed by atoms with Crippen molar-refractivity contribution in [1.29, 1.82) is 0 Å². The molecule has 5 nitrogen and oxygen atoms in total. The Hall–Kier alpha value is -3.29. The lowest BCUT2D eigenvalue weighted by Crippen LogP contribution is -2.31. The fourth-order valence-corrected chi connectivity index (χ4v) is 3.46. The van der Waals surface area contributed by atoms with Gasteiger partial charge in [-0.15, -0.1) is 0 Å². The molecule has 1 unspecified atom stereocenters. The molecule has 1 amide bonds. The topological polar surface area (TPSA) is 50.2 Å². The van der Waals surface area contributed by atoms with Gasteiger partial charge in [0.1, 0.15) is 11.5 Å². The van der Waals surface area contributed by atoms with Crippen molar-refractivity contribution in [3.63, 3.8) is 0 Å². The molecule has 3 aromatic rings. The SMILES string of the molecule is O=C(NCC1CCN(c2ccc(F)c(F)c2)C1)c1ccn(-c2ccccc2F)n1. The van der Waals surface area contributed by atoms with Crippen molar-refractivity contribution in [3.8, 4) is 5.69 Å². The molecule has 1 N–H and O–H groups in total. The third-order valence-corrected chi connectivity index (χ3v) is 5.03. The molecular weight excluding hydrogens is 381 g/mol. The summed E-state index contributed by atoms with van der Waals surface area (Å²) < 4.78 is 41.7. The maximum atomic E-state index is 13.9. The molecule has 4 rings (SSSR count). The summed E-state index contributed by atoms with van der Waals surface area (Å²) in [6.07, 6.45) is 2.36. The summed E-state index contributed by atoms with van der Waals surface area (Å²) in [6.45, 7) is 1.77. The van der Waals surface area contributed by atoms with Crippen LogP contribution in [-0.2, 0) is 0 Å². The molecule has 2 heterocycles. The fourth-order valence-electron chi connectivity index (χ4n) is 3.46. The van der Waals surface area contributed by atoms with Crippen LogP contribution in [0.4, 0.5) is 18.9 Å². The summed E-state index contributed by atoms with van der Waals surface area (Å²) in [6, 6.07) is 11.6. The average molecular weight is 400 g/mol. The summed E-state index contributed by atoms with van der Waals surface area (Å²) in [5.74, 6) is -2.32. The molecule has 0 radical (unpaired) electrons.